The summed E-state index contributed by atoms with van der Waals surface area (Å²) in [5.41, 5.74) is 1.71. The van der Waals surface area contributed by atoms with Crippen LogP contribution in [-0.4, -0.2) is 19.0 Å². The molecular weight excluding hydrogens is 238 g/mol. The fourth-order valence-corrected chi connectivity index (χ4v) is 1.58. The minimum atomic E-state index is 0.0225. The number of nitriles is 1. The second-order valence-corrected chi connectivity index (χ2v) is 4.94. The first kappa shape index (κ1) is 15.2. The van der Waals surface area contributed by atoms with Crippen LogP contribution in [0.5, 0.6) is 0 Å². The molecule has 0 saturated heterocycles. The molecule has 0 saturated carbocycles. The van der Waals surface area contributed by atoms with Crippen LogP contribution in [-0.2, 0) is 11.3 Å². The summed E-state index contributed by atoms with van der Waals surface area (Å²) in [5, 5.41) is 14.6. The van der Waals surface area contributed by atoms with Gasteiger partial charge in [-0.05, 0) is 30.0 Å². The standard InChI is InChI=1S/C15H21N3O/c1-12(2)7-8-18-15(19)11-17-10-14-5-3-13(9-16)4-6-14/h3-6,12,17H,7-8,10-11H2,1-2H3,(H,18,19). The summed E-state index contributed by atoms with van der Waals surface area (Å²) >= 11 is 0. The Hall–Kier alpha value is -1.86. The summed E-state index contributed by atoms with van der Waals surface area (Å²) in [5.74, 6) is 0.626. The molecule has 1 amide bonds. The van der Waals surface area contributed by atoms with Crippen molar-refractivity contribution in [1.82, 2.24) is 10.6 Å². The van der Waals surface area contributed by atoms with Crippen LogP contribution in [0, 0.1) is 17.2 Å². The van der Waals surface area contributed by atoms with E-state index in [1.807, 2.05) is 12.1 Å². The molecular formula is C15H21N3O. The SMILES string of the molecule is CC(C)CCNC(=O)CNCc1ccc(C#N)cc1. The third-order valence-corrected chi connectivity index (χ3v) is 2.74. The van der Waals surface area contributed by atoms with E-state index in [1.54, 1.807) is 12.1 Å². The maximum atomic E-state index is 11.5. The van der Waals surface area contributed by atoms with Gasteiger partial charge in [-0.2, -0.15) is 5.26 Å². The maximum absolute atomic E-state index is 11.5. The van der Waals surface area contributed by atoms with Crippen LogP contribution < -0.4 is 10.6 Å². The van der Waals surface area contributed by atoms with Gasteiger partial charge in [0.15, 0.2) is 0 Å². The number of benzene rings is 1. The van der Waals surface area contributed by atoms with Gasteiger partial charge in [-0.3, -0.25) is 4.79 Å². The Morgan fingerprint density at radius 1 is 1.32 bits per heavy atom. The number of carbonyl (C=O) groups excluding carboxylic acids is 1. The third-order valence-electron chi connectivity index (χ3n) is 2.74. The lowest BCUT2D eigenvalue weighted by Crippen LogP contribution is -2.34. The highest BCUT2D eigenvalue weighted by atomic mass is 16.1. The van der Waals surface area contributed by atoms with E-state index in [9.17, 15) is 4.79 Å². The summed E-state index contributed by atoms with van der Waals surface area (Å²) in [7, 11) is 0. The van der Waals surface area contributed by atoms with Crippen molar-refractivity contribution in [3.63, 3.8) is 0 Å². The highest BCUT2D eigenvalue weighted by Crippen LogP contribution is 2.02. The van der Waals surface area contributed by atoms with E-state index in [1.165, 1.54) is 0 Å². The van der Waals surface area contributed by atoms with E-state index in [-0.39, 0.29) is 5.91 Å². The van der Waals surface area contributed by atoms with Crippen molar-refractivity contribution in [3.05, 3.63) is 35.4 Å². The van der Waals surface area contributed by atoms with Crippen molar-refractivity contribution < 1.29 is 4.79 Å². The number of hydrogen-bond acceptors (Lipinski definition) is 3. The highest BCUT2D eigenvalue weighted by Gasteiger charge is 2.01. The Kier molecular flexibility index (Phi) is 6.62. The zero-order valence-electron chi connectivity index (χ0n) is 11.6. The second kappa shape index (κ2) is 8.28. The highest BCUT2D eigenvalue weighted by molar-refractivity contribution is 5.77. The van der Waals surface area contributed by atoms with Gasteiger partial charge in [-0.25, -0.2) is 0 Å². The number of hydrogen-bond donors (Lipinski definition) is 2. The molecule has 0 unspecified atom stereocenters. The Bertz CT molecular complexity index is 432. The molecule has 0 aliphatic carbocycles. The third kappa shape index (κ3) is 6.58. The number of amides is 1. The number of nitrogens with zero attached hydrogens (tertiary/aromatic N) is 1. The monoisotopic (exact) mass is 259 g/mol. The molecule has 1 aromatic rings. The van der Waals surface area contributed by atoms with Crippen LogP contribution in [0.15, 0.2) is 24.3 Å². The van der Waals surface area contributed by atoms with Crippen molar-refractivity contribution in [2.45, 2.75) is 26.8 Å². The predicted molar refractivity (Wildman–Crippen MR) is 75.3 cm³/mol. The first-order valence-corrected chi connectivity index (χ1v) is 6.58. The fraction of sp³-hybridized carbons (Fsp3) is 0.467. The smallest absolute Gasteiger partial charge is 0.233 e. The summed E-state index contributed by atoms with van der Waals surface area (Å²) < 4.78 is 0. The van der Waals surface area contributed by atoms with E-state index in [0.717, 1.165) is 18.5 Å². The molecule has 19 heavy (non-hydrogen) atoms. The second-order valence-electron chi connectivity index (χ2n) is 4.94. The van der Waals surface area contributed by atoms with Crippen LogP contribution in [0.4, 0.5) is 0 Å². The van der Waals surface area contributed by atoms with Gasteiger partial charge in [0.1, 0.15) is 0 Å². The molecule has 0 aliphatic heterocycles. The molecule has 1 aromatic carbocycles. The Balaban J connectivity index is 2.19. The molecule has 0 radical (unpaired) electrons. The van der Waals surface area contributed by atoms with Crippen molar-refractivity contribution in [1.29, 1.82) is 5.26 Å². The van der Waals surface area contributed by atoms with E-state index in [4.69, 9.17) is 5.26 Å². The predicted octanol–water partition coefficient (Wildman–Crippen LogP) is 1.81. The molecule has 0 atom stereocenters. The maximum Gasteiger partial charge on any atom is 0.233 e. The molecule has 0 heterocycles. The minimum Gasteiger partial charge on any atom is -0.355 e. The van der Waals surface area contributed by atoms with E-state index >= 15 is 0 Å². The molecule has 4 heteroatoms. The molecule has 2 N–H and O–H groups in total. The largest absolute Gasteiger partial charge is 0.355 e. The summed E-state index contributed by atoms with van der Waals surface area (Å²) in [4.78, 5) is 11.5. The van der Waals surface area contributed by atoms with Gasteiger partial charge in [0.05, 0.1) is 18.2 Å². The molecule has 0 bridgehead atoms. The number of nitrogens with one attached hydrogen (secondary N) is 2. The topological polar surface area (TPSA) is 64.9 Å². The lowest BCUT2D eigenvalue weighted by molar-refractivity contribution is -0.120. The average molecular weight is 259 g/mol. The Labute approximate surface area is 114 Å². The molecule has 0 aliphatic rings. The first-order valence-electron chi connectivity index (χ1n) is 6.58. The van der Waals surface area contributed by atoms with Crippen LogP contribution in [0.2, 0.25) is 0 Å². The quantitative estimate of drug-likeness (QED) is 0.785. The summed E-state index contributed by atoms with van der Waals surface area (Å²) in [6, 6.07) is 9.41. The van der Waals surface area contributed by atoms with E-state index in [2.05, 4.69) is 30.6 Å². The number of rotatable bonds is 7. The Morgan fingerprint density at radius 3 is 2.58 bits per heavy atom. The number of carbonyl (C=O) groups is 1. The zero-order chi connectivity index (χ0) is 14.1. The lowest BCUT2D eigenvalue weighted by Gasteiger charge is -2.08. The Morgan fingerprint density at radius 2 is 2.00 bits per heavy atom. The van der Waals surface area contributed by atoms with Gasteiger partial charge < -0.3 is 10.6 Å². The fourth-order valence-electron chi connectivity index (χ4n) is 1.58. The zero-order valence-corrected chi connectivity index (χ0v) is 11.6. The van der Waals surface area contributed by atoms with Crippen LogP contribution in [0.25, 0.3) is 0 Å². The molecule has 4 nitrogen and oxygen atoms in total. The van der Waals surface area contributed by atoms with Gasteiger partial charge in [0.25, 0.3) is 0 Å². The van der Waals surface area contributed by atoms with Crippen molar-refractivity contribution in [2.75, 3.05) is 13.1 Å². The normalized spacial score (nSPS) is 10.2. The van der Waals surface area contributed by atoms with E-state index in [0.29, 0.717) is 24.6 Å². The molecule has 102 valence electrons. The molecule has 0 fully saturated rings. The van der Waals surface area contributed by atoms with Gasteiger partial charge in [0, 0.05) is 13.1 Å². The van der Waals surface area contributed by atoms with Crippen molar-refractivity contribution in [2.24, 2.45) is 5.92 Å². The average Bonchev–Trinajstić information content (AvgIpc) is 2.39. The molecule has 1 rings (SSSR count). The summed E-state index contributed by atoms with van der Waals surface area (Å²) in [6.07, 6.45) is 1.00. The van der Waals surface area contributed by atoms with E-state index < -0.39 is 0 Å². The van der Waals surface area contributed by atoms with Crippen LogP contribution in [0.1, 0.15) is 31.4 Å². The van der Waals surface area contributed by atoms with Crippen LogP contribution in [0.3, 0.4) is 0 Å². The van der Waals surface area contributed by atoms with Gasteiger partial charge >= 0.3 is 0 Å². The van der Waals surface area contributed by atoms with Gasteiger partial charge in [0.2, 0.25) is 5.91 Å². The van der Waals surface area contributed by atoms with Gasteiger partial charge in [-0.1, -0.05) is 26.0 Å². The molecule has 0 aromatic heterocycles. The molecule has 0 spiro atoms. The lowest BCUT2D eigenvalue weighted by atomic mass is 10.1. The summed E-state index contributed by atoms with van der Waals surface area (Å²) in [6.45, 7) is 5.95. The minimum absolute atomic E-state index is 0.0225. The van der Waals surface area contributed by atoms with Crippen LogP contribution >= 0.6 is 0 Å². The van der Waals surface area contributed by atoms with Gasteiger partial charge in [-0.15, -0.1) is 0 Å². The van der Waals surface area contributed by atoms with Crippen molar-refractivity contribution >= 4 is 5.91 Å². The first-order chi connectivity index (χ1) is 9.11. The van der Waals surface area contributed by atoms with Crippen molar-refractivity contribution in [3.8, 4) is 6.07 Å².